The Bertz CT molecular complexity index is 817. The van der Waals surface area contributed by atoms with E-state index in [4.69, 9.17) is 0 Å². The van der Waals surface area contributed by atoms with Gasteiger partial charge in [-0.2, -0.15) is 5.26 Å². The molecule has 0 spiro atoms. The molecule has 4 heteroatoms. The molecule has 4 nitrogen and oxygen atoms in total. The second-order valence-electron chi connectivity index (χ2n) is 6.73. The predicted octanol–water partition coefficient (Wildman–Crippen LogP) is 4.19. The van der Waals surface area contributed by atoms with E-state index < -0.39 is 0 Å². The molecule has 0 saturated heterocycles. The summed E-state index contributed by atoms with van der Waals surface area (Å²) in [6.07, 6.45) is 8.06. The summed E-state index contributed by atoms with van der Waals surface area (Å²) >= 11 is 0. The Hall–Kier alpha value is -2.54. The third-order valence-electron chi connectivity index (χ3n) is 4.68. The first-order valence-electron chi connectivity index (χ1n) is 8.62. The van der Waals surface area contributed by atoms with Gasteiger partial charge in [0.1, 0.15) is 11.6 Å². The van der Waals surface area contributed by atoms with Gasteiger partial charge >= 0.3 is 0 Å². The van der Waals surface area contributed by atoms with E-state index in [2.05, 4.69) is 35.9 Å². The van der Waals surface area contributed by atoms with Crippen LogP contribution in [-0.2, 0) is 4.79 Å². The zero-order valence-corrected chi connectivity index (χ0v) is 14.2. The summed E-state index contributed by atoms with van der Waals surface area (Å²) in [5.41, 5.74) is 2.21. The first-order valence-corrected chi connectivity index (χ1v) is 8.62. The number of rotatable bonds is 4. The molecule has 124 valence electrons. The van der Waals surface area contributed by atoms with Gasteiger partial charge < -0.3 is 9.88 Å². The van der Waals surface area contributed by atoms with E-state index in [1.165, 1.54) is 0 Å². The molecule has 1 saturated carbocycles. The van der Waals surface area contributed by atoms with Crippen LogP contribution in [0.3, 0.4) is 0 Å². The Morgan fingerprint density at radius 3 is 2.71 bits per heavy atom. The van der Waals surface area contributed by atoms with Crippen LogP contribution in [0.25, 0.3) is 17.0 Å². The van der Waals surface area contributed by atoms with E-state index in [0.717, 1.165) is 42.1 Å². The third-order valence-corrected chi connectivity index (χ3v) is 4.68. The lowest BCUT2D eigenvalue weighted by molar-refractivity contribution is -0.117. The minimum Gasteiger partial charge on any atom is -0.349 e. The third kappa shape index (κ3) is 3.21. The van der Waals surface area contributed by atoms with Crippen LogP contribution in [0.4, 0.5) is 0 Å². The average Bonchev–Trinajstić information content (AvgIpc) is 3.20. The molecule has 0 unspecified atom stereocenters. The normalized spacial score (nSPS) is 15.8. The van der Waals surface area contributed by atoms with E-state index in [0.29, 0.717) is 6.04 Å². The largest absolute Gasteiger partial charge is 0.349 e. The maximum absolute atomic E-state index is 12.4. The number of nitriles is 1. The highest BCUT2D eigenvalue weighted by Crippen LogP contribution is 2.26. The lowest BCUT2D eigenvalue weighted by Gasteiger charge is -2.10. The molecule has 24 heavy (non-hydrogen) atoms. The van der Waals surface area contributed by atoms with Crippen molar-refractivity contribution < 1.29 is 4.79 Å². The molecule has 0 atom stereocenters. The topological polar surface area (TPSA) is 57.8 Å². The van der Waals surface area contributed by atoms with Gasteiger partial charge in [-0.3, -0.25) is 4.79 Å². The van der Waals surface area contributed by atoms with Crippen molar-refractivity contribution in [2.45, 2.75) is 51.6 Å². The van der Waals surface area contributed by atoms with Crippen LogP contribution < -0.4 is 5.32 Å². The highest BCUT2D eigenvalue weighted by Gasteiger charge is 2.20. The molecule has 1 fully saturated rings. The molecular formula is C20H23N3O. The monoisotopic (exact) mass is 321 g/mol. The number of aromatic nitrogens is 1. The van der Waals surface area contributed by atoms with Crippen LogP contribution in [0.1, 0.15) is 51.1 Å². The van der Waals surface area contributed by atoms with E-state index >= 15 is 0 Å². The summed E-state index contributed by atoms with van der Waals surface area (Å²) in [4.78, 5) is 12.4. The van der Waals surface area contributed by atoms with Crippen molar-refractivity contribution in [1.29, 1.82) is 5.26 Å². The van der Waals surface area contributed by atoms with Gasteiger partial charge in [-0.05, 0) is 38.8 Å². The summed E-state index contributed by atoms with van der Waals surface area (Å²) in [6, 6.07) is 10.7. The lowest BCUT2D eigenvalue weighted by Crippen LogP contribution is -2.33. The van der Waals surface area contributed by atoms with Gasteiger partial charge in [0, 0.05) is 34.7 Å². The lowest BCUT2D eigenvalue weighted by atomic mass is 10.1. The van der Waals surface area contributed by atoms with Gasteiger partial charge in [-0.25, -0.2) is 0 Å². The highest BCUT2D eigenvalue weighted by molar-refractivity contribution is 6.04. The smallest absolute Gasteiger partial charge is 0.262 e. The molecule has 1 N–H and O–H groups in total. The summed E-state index contributed by atoms with van der Waals surface area (Å²) in [5, 5.41) is 13.5. The average molecular weight is 321 g/mol. The molecule has 3 rings (SSSR count). The summed E-state index contributed by atoms with van der Waals surface area (Å²) < 4.78 is 2.17. The standard InChI is InChI=1S/C20H23N3O/c1-14(2)23-13-16(18-9-5-6-10-19(18)23)11-15(12-21)20(24)22-17-7-3-4-8-17/h5-6,9-11,13-14,17H,3-4,7-8H2,1-2H3,(H,22,24)/b15-11-. The summed E-state index contributed by atoms with van der Waals surface area (Å²) in [7, 11) is 0. The van der Waals surface area contributed by atoms with Crippen molar-refractivity contribution in [2.24, 2.45) is 0 Å². The molecule has 2 aromatic rings. The maximum Gasteiger partial charge on any atom is 0.262 e. The Labute approximate surface area is 142 Å². The molecule has 0 radical (unpaired) electrons. The Morgan fingerprint density at radius 1 is 1.33 bits per heavy atom. The van der Waals surface area contributed by atoms with Crippen LogP contribution in [0, 0.1) is 11.3 Å². The van der Waals surface area contributed by atoms with Gasteiger partial charge in [0.25, 0.3) is 5.91 Å². The minimum absolute atomic E-state index is 0.175. The molecule has 1 aromatic heterocycles. The molecule has 1 aliphatic rings. The van der Waals surface area contributed by atoms with Gasteiger partial charge in [0.2, 0.25) is 0 Å². The number of benzene rings is 1. The number of nitrogens with one attached hydrogen (secondary N) is 1. The number of hydrogen-bond acceptors (Lipinski definition) is 2. The number of carbonyl (C=O) groups is 1. The number of para-hydroxylation sites is 1. The van der Waals surface area contributed by atoms with Crippen molar-refractivity contribution >= 4 is 22.9 Å². The number of nitrogens with zero attached hydrogens (tertiary/aromatic N) is 2. The SMILES string of the molecule is CC(C)n1cc(/C=C(/C#N)C(=O)NC2CCCC2)c2ccccc21. The molecule has 0 bridgehead atoms. The zero-order chi connectivity index (χ0) is 17.1. The van der Waals surface area contributed by atoms with Crippen molar-refractivity contribution in [3.05, 3.63) is 41.6 Å². The number of hydrogen-bond donors (Lipinski definition) is 1. The fraction of sp³-hybridized carbons (Fsp3) is 0.400. The van der Waals surface area contributed by atoms with E-state index in [1.54, 1.807) is 6.08 Å². The second kappa shape index (κ2) is 6.92. The minimum atomic E-state index is -0.259. The fourth-order valence-corrected chi connectivity index (χ4v) is 3.41. The second-order valence-corrected chi connectivity index (χ2v) is 6.73. The van der Waals surface area contributed by atoms with Crippen LogP contribution in [0.15, 0.2) is 36.0 Å². The van der Waals surface area contributed by atoms with E-state index in [9.17, 15) is 10.1 Å². The summed E-state index contributed by atoms with van der Waals surface area (Å²) in [5.74, 6) is -0.259. The molecular weight excluding hydrogens is 298 g/mol. The molecule has 0 aliphatic heterocycles. The molecule has 1 heterocycles. The first kappa shape index (κ1) is 16.3. The van der Waals surface area contributed by atoms with Crippen LogP contribution in [-0.4, -0.2) is 16.5 Å². The summed E-state index contributed by atoms with van der Waals surface area (Å²) in [6.45, 7) is 4.25. The first-order chi connectivity index (χ1) is 11.6. The van der Waals surface area contributed by atoms with Gasteiger partial charge in [0.15, 0.2) is 0 Å². The maximum atomic E-state index is 12.4. The van der Waals surface area contributed by atoms with Gasteiger partial charge in [-0.15, -0.1) is 0 Å². The number of amides is 1. The van der Waals surface area contributed by atoms with E-state index in [-0.39, 0.29) is 17.5 Å². The van der Waals surface area contributed by atoms with E-state index in [1.807, 2.05) is 24.4 Å². The quantitative estimate of drug-likeness (QED) is 0.678. The van der Waals surface area contributed by atoms with Crippen molar-refractivity contribution in [3.63, 3.8) is 0 Å². The highest BCUT2D eigenvalue weighted by atomic mass is 16.1. The van der Waals surface area contributed by atoms with Crippen LogP contribution in [0.5, 0.6) is 0 Å². The van der Waals surface area contributed by atoms with Crippen LogP contribution in [0.2, 0.25) is 0 Å². The van der Waals surface area contributed by atoms with Crippen molar-refractivity contribution in [2.75, 3.05) is 0 Å². The Kier molecular flexibility index (Phi) is 4.71. The Balaban J connectivity index is 1.95. The molecule has 1 aliphatic carbocycles. The predicted molar refractivity (Wildman–Crippen MR) is 96.3 cm³/mol. The molecule has 1 amide bonds. The van der Waals surface area contributed by atoms with Crippen molar-refractivity contribution in [3.8, 4) is 6.07 Å². The molecule has 1 aromatic carbocycles. The number of carbonyl (C=O) groups excluding carboxylic acids is 1. The number of fused-ring (bicyclic) bond motifs is 1. The Morgan fingerprint density at radius 2 is 2.04 bits per heavy atom. The zero-order valence-electron chi connectivity index (χ0n) is 14.2. The van der Waals surface area contributed by atoms with Gasteiger partial charge in [0.05, 0.1) is 0 Å². The van der Waals surface area contributed by atoms with Gasteiger partial charge in [-0.1, -0.05) is 31.0 Å². The van der Waals surface area contributed by atoms with Crippen LogP contribution >= 0.6 is 0 Å². The van der Waals surface area contributed by atoms with Crippen molar-refractivity contribution in [1.82, 2.24) is 9.88 Å². The fourth-order valence-electron chi connectivity index (χ4n) is 3.41.